The third kappa shape index (κ3) is 3.87. The number of H-pyrrole nitrogens is 1. The molecule has 7 heteroatoms. The fraction of sp³-hybridized carbons (Fsp3) is 0.500. The Morgan fingerprint density at radius 1 is 1.65 bits per heavy atom. The van der Waals surface area contributed by atoms with E-state index in [1.807, 2.05) is 0 Å². The van der Waals surface area contributed by atoms with Crippen molar-refractivity contribution in [2.75, 3.05) is 0 Å². The second kappa shape index (κ2) is 4.96. The van der Waals surface area contributed by atoms with E-state index in [1.54, 1.807) is 0 Å². The van der Waals surface area contributed by atoms with E-state index in [0.717, 1.165) is 0 Å². The Morgan fingerprint density at radius 3 is 2.71 bits per heavy atom. The van der Waals surface area contributed by atoms with E-state index in [4.69, 9.17) is 10.8 Å². The van der Waals surface area contributed by atoms with Crippen molar-refractivity contribution in [1.82, 2.24) is 15.3 Å². The maximum absolute atomic E-state index is 11.6. The summed E-state index contributed by atoms with van der Waals surface area (Å²) in [6.45, 7) is 3.02. The van der Waals surface area contributed by atoms with Crippen molar-refractivity contribution in [3.05, 3.63) is 18.2 Å². The Hall–Kier alpha value is -1.89. The summed E-state index contributed by atoms with van der Waals surface area (Å²) in [7, 11) is 0. The van der Waals surface area contributed by atoms with Crippen molar-refractivity contribution in [2.24, 2.45) is 5.73 Å². The van der Waals surface area contributed by atoms with E-state index in [-0.39, 0.29) is 6.42 Å². The number of nitrogens with two attached hydrogens (primary N) is 1. The van der Waals surface area contributed by atoms with Crippen molar-refractivity contribution >= 4 is 11.9 Å². The monoisotopic (exact) mass is 240 g/mol. The second-order valence-electron chi connectivity index (χ2n) is 4.37. The third-order valence-corrected chi connectivity index (χ3v) is 2.17. The van der Waals surface area contributed by atoms with E-state index in [9.17, 15) is 9.59 Å². The number of carbonyl (C=O) groups is 2. The summed E-state index contributed by atoms with van der Waals surface area (Å²) in [6, 6.07) is -1.02. The minimum absolute atomic E-state index is 0.136. The number of carboxylic acid groups (broad SMARTS) is 1. The van der Waals surface area contributed by atoms with Gasteiger partial charge in [-0.25, -0.2) is 9.78 Å². The van der Waals surface area contributed by atoms with Gasteiger partial charge in [0.25, 0.3) is 0 Å². The highest BCUT2D eigenvalue weighted by molar-refractivity contribution is 5.89. The number of amides is 1. The van der Waals surface area contributed by atoms with Crippen LogP contribution in [0.3, 0.4) is 0 Å². The van der Waals surface area contributed by atoms with Gasteiger partial charge in [0.2, 0.25) is 5.91 Å². The van der Waals surface area contributed by atoms with E-state index < -0.39 is 23.5 Å². The van der Waals surface area contributed by atoms with Crippen LogP contribution in [0.15, 0.2) is 12.5 Å². The third-order valence-electron chi connectivity index (χ3n) is 2.17. The Kier molecular flexibility index (Phi) is 3.84. The largest absolute Gasteiger partial charge is 0.480 e. The van der Waals surface area contributed by atoms with Crippen molar-refractivity contribution in [2.45, 2.75) is 31.8 Å². The van der Waals surface area contributed by atoms with Crippen LogP contribution in [0.2, 0.25) is 0 Å². The lowest BCUT2D eigenvalue weighted by Gasteiger charge is -2.21. The molecular weight excluding hydrogens is 224 g/mol. The van der Waals surface area contributed by atoms with Crippen LogP contribution in [0, 0.1) is 0 Å². The predicted octanol–water partition coefficient (Wildman–Crippen LogP) is -0.741. The minimum Gasteiger partial charge on any atom is -0.480 e. The number of nitrogens with zero attached hydrogens (tertiary/aromatic N) is 1. The van der Waals surface area contributed by atoms with Gasteiger partial charge >= 0.3 is 5.97 Å². The van der Waals surface area contributed by atoms with Crippen molar-refractivity contribution in [3.8, 4) is 0 Å². The number of aliphatic carboxylic acids is 1. The number of carbonyl (C=O) groups excluding carboxylic acids is 1. The first-order chi connectivity index (χ1) is 7.80. The van der Waals surface area contributed by atoms with Gasteiger partial charge in [-0.2, -0.15) is 0 Å². The lowest BCUT2D eigenvalue weighted by Crippen LogP contribution is -2.54. The number of hydrogen-bond acceptors (Lipinski definition) is 4. The fourth-order valence-electron chi connectivity index (χ4n) is 1.16. The maximum Gasteiger partial charge on any atom is 0.326 e. The molecule has 0 saturated carbocycles. The molecule has 0 aliphatic carbocycles. The van der Waals surface area contributed by atoms with Crippen LogP contribution >= 0.6 is 0 Å². The summed E-state index contributed by atoms with van der Waals surface area (Å²) in [5.41, 5.74) is 5.10. The highest BCUT2D eigenvalue weighted by Crippen LogP contribution is 2.02. The van der Waals surface area contributed by atoms with Gasteiger partial charge in [-0.15, -0.1) is 0 Å². The molecule has 0 spiro atoms. The zero-order valence-corrected chi connectivity index (χ0v) is 9.73. The standard InChI is InChI=1S/C10H16N4O3/c1-10(2,11)9(17)14-7(8(15)16)3-6-4-12-5-13-6/h4-5,7H,3,11H2,1-2H3,(H,12,13)(H,14,17)(H,15,16)/t7-/m1/s1. The van der Waals surface area contributed by atoms with Gasteiger partial charge in [0.15, 0.2) is 0 Å². The molecule has 0 radical (unpaired) electrons. The number of aromatic nitrogens is 2. The van der Waals surface area contributed by atoms with Gasteiger partial charge in [-0.1, -0.05) is 0 Å². The van der Waals surface area contributed by atoms with Crippen LogP contribution in [-0.4, -0.2) is 38.5 Å². The van der Waals surface area contributed by atoms with Gasteiger partial charge in [-0.05, 0) is 13.8 Å². The first-order valence-electron chi connectivity index (χ1n) is 5.10. The molecular formula is C10H16N4O3. The summed E-state index contributed by atoms with van der Waals surface area (Å²) in [6.07, 6.45) is 3.09. The molecule has 7 nitrogen and oxygen atoms in total. The number of imidazole rings is 1. The Balaban J connectivity index is 2.68. The summed E-state index contributed by atoms with van der Waals surface area (Å²) < 4.78 is 0. The maximum atomic E-state index is 11.6. The lowest BCUT2D eigenvalue weighted by molar-refractivity contribution is -0.142. The molecule has 1 aromatic heterocycles. The highest BCUT2D eigenvalue weighted by atomic mass is 16.4. The summed E-state index contributed by atoms with van der Waals surface area (Å²) in [4.78, 5) is 29.1. The number of hydrogen-bond donors (Lipinski definition) is 4. The first kappa shape index (κ1) is 13.2. The van der Waals surface area contributed by atoms with E-state index in [1.165, 1.54) is 26.4 Å². The zero-order chi connectivity index (χ0) is 13.1. The minimum atomic E-state index is -1.11. The van der Waals surface area contributed by atoms with Crippen molar-refractivity contribution in [3.63, 3.8) is 0 Å². The Bertz CT molecular complexity index is 394. The highest BCUT2D eigenvalue weighted by Gasteiger charge is 2.28. The zero-order valence-electron chi connectivity index (χ0n) is 9.73. The molecule has 5 N–H and O–H groups in total. The summed E-state index contributed by atoms with van der Waals surface area (Å²) in [5, 5.41) is 11.4. The molecule has 1 atom stereocenters. The van der Waals surface area contributed by atoms with Crippen LogP contribution in [0.1, 0.15) is 19.5 Å². The average molecular weight is 240 g/mol. The van der Waals surface area contributed by atoms with Crippen molar-refractivity contribution < 1.29 is 14.7 Å². The molecule has 1 heterocycles. The summed E-state index contributed by atoms with van der Waals surface area (Å²) in [5.74, 6) is -1.62. The lowest BCUT2D eigenvalue weighted by atomic mass is 10.0. The molecule has 0 aliphatic rings. The molecule has 0 aliphatic heterocycles. The second-order valence-corrected chi connectivity index (χ2v) is 4.37. The Labute approximate surface area is 98.4 Å². The number of rotatable bonds is 5. The molecule has 17 heavy (non-hydrogen) atoms. The van der Waals surface area contributed by atoms with Crippen LogP contribution in [-0.2, 0) is 16.0 Å². The van der Waals surface area contributed by atoms with Gasteiger partial charge in [0.05, 0.1) is 11.9 Å². The average Bonchev–Trinajstić information content (AvgIpc) is 2.67. The SMILES string of the molecule is CC(C)(N)C(=O)N[C@H](Cc1cnc[nH]1)C(=O)O. The predicted molar refractivity (Wildman–Crippen MR) is 60.1 cm³/mol. The topological polar surface area (TPSA) is 121 Å². The molecule has 0 unspecified atom stereocenters. The normalized spacial score (nSPS) is 13.1. The van der Waals surface area contributed by atoms with E-state index >= 15 is 0 Å². The molecule has 1 aromatic rings. The van der Waals surface area contributed by atoms with Crippen LogP contribution in [0.25, 0.3) is 0 Å². The van der Waals surface area contributed by atoms with Gasteiger partial charge in [0, 0.05) is 18.3 Å². The molecule has 0 aromatic carbocycles. The molecule has 0 fully saturated rings. The van der Waals surface area contributed by atoms with E-state index in [2.05, 4.69) is 15.3 Å². The molecule has 1 rings (SSSR count). The van der Waals surface area contributed by atoms with Gasteiger partial charge in [-0.3, -0.25) is 4.79 Å². The van der Waals surface area contributed by atoms with Crippen LogP contribution in [0.4, 0.5) is 0 Å². The van der Waals surface area contributed by atoms with Gasteiger partial charge in [0.1, 0.15) is 6.04 Å². The molecule has 0 saturated heterocycles. The van der Waals surface area contributed by atoms with Crippen LogP contribution < -0.4 is 11.1 Å². The Morgan fingerprint density at radius 2 is 2.29 bits per heavy atom. The van der Waals surface area contributed by atoms with Crippen molar-refractivity contribution in [1.29, 1.82) is 0 Å². The van der Waals surface area contributed by atoms with Gasteiger partial charge < -0.3 is 21.1 Å². The van der Waals surface area contributed by atoms with Crippen LogP contribution in [0.5, 0.6) is 0 Å². The number of nitrogens with one attached hydrogen (secondary N) is 2. The number of aromatic amines is 1. The van der Waals surface area contributed by atoms with E-state index in [0.29, 0.717) is 5.69 Å². The quantitative estimate of drug-likeness (QED) is 0.540. The molecule has 1 amide bonds. The number of carboxylic acids is 1. The summed E-state index contributed by atoms with van der Waals surface area (Å²) >= 11 is 0. The fourth-order valence-corrected chi connectivity index (χ4v) is 1.16. The molecule has 94 valence electrons. The molecule has 0 bridgehead atoms. The smallest absolute Gasteiger partial charge is 0.326 e. The first-order valence-corrected chi connectivity index (χ1v) is 5.10.